The molecule has 0 bridgehead atoms. The SMILES string of the molecule is Fc1ccc(Oc2ccccc2CNC2CC2)c(Cl)c1. The molecular formula is C16H15ClFNO. The summed E-state index contributed by atoms with van der Waals surface area (Å²) in [4.78, 5) is 0. The van der Waals surface area contributed by atoms with Gasteiger partial charge in [-0.2, -0.15) is 0 Å². The van der Waals surface area contributed by atoms with E-state index in [0.29, 0.717) is 11.8 Å². The molecule has 0 aromatic heterocycles. The van der Waals surface area contributed by atoms with Gasteiger partial charge < -0.3 is 10.1 Å². The molecule has 4 heteroatoms. The molecule has 3 rings (SSSR count). The molecule has 0 unspecified atom stereocenters. The van der Waals surface area contributed by atoms with Gasteiger partial charge in [-0.25, -0.2) is 4.39 Å². The molecule has 2 aromatic carbocycles. The van der Waals surface area contributed by atoms with E-state index < -0.39 is 0 Å². The fourth-order valence-electron chi connectivity index (χ4n) is 1.97. The maximum Gasteiger partial charge on any atom is 0.146 e. The summed E-state index contributed by atoms with van der Waals surface area (Å²) in [5.74, 6) is 0.840. The molecule has 0 atom stereocenters. The fourth-order valence-corrected chi connectivity index (χ4v) is 2.17. The minimum absolute atomic E-state index is 0.273. The van der Waals surface area contributed by atoms with Crippen molar-refractivity contribution in [2.75, 3.05) is 0 Å². The Kier molecular flexibility index (Phi) is 3.90. The molecule has 0 heterocycles. The van der Waals surface area contributed by atoms with Crippen molar-refractivity contribution in [2.24, 2.45) is 0 Å². The Hall–Kier alpha value is -1.58. The zero-order valence-corrected chi connectivity index (χ0v) is 11.7. The van der Waals surface area contributed by atoms with Gasteiger partial charge in [0.2, 0.25) is 0 Å². The van der Waals surface area contributed by atoms with Gasteiger partial charge >= 0.3 is 0 Å². The first-order valence-corrected chi connectivity index (χ1v) is 7.04. The predicted molar refractivity (Wildman–Crippen MR) is 77.8 cm³/mol. The van der Waals surface area contributed by atoms with Gasteiger partial charge in [0.25, 0.3) is 0 Å². The predicted octanol–water partition coefficient (Wildman–Crippen LogP) is 4.52. The van der Waals surface area contributed by atoms with E-state index in [2.05, 4.69) is 5.32 Å². The summed E-state index contributed by atoms with van der Waals surface area (Å²) in [5, 5.41) is 3.72. The lowest BCUT2D eigenvalue weighted by molar-refractivity contribution is 0.471. The molecule has 1 N–H and O–H groups in total. The molecule has 20 heavy (non-hydrogen) atoms. The first-order chi connectivity index (χ1) is 9.72. The van der Waals surface area contributed by atoms with E-state index in [4.69, 9.17) is 16.3 Å². The van der Waals surface area contributed by atoms with Crippen LogP contribution < -0.4 is 10.1 Å². The smallest absolute Gasteiger partial charge is 0.146 e. The molecule has 0 radical (unpaired) electrons. The van der Waals surface area contributed by atoms with Crippen molar-refractivity contribution in [3.63, 3.8) is 0 Å². The van der Waals surface area contributed by atoms with Crippen molar-refractivity contribution in [2.45, 2.75) is 25.4 Å². The van der Waals surface area contributed by atoms with Crippen molar-refractivity contribution in [1.82, 2.24) is 5.32 Å². The van der Waals surface area contributed by atoms with E-state index in [1.165, 1.54) is 25.0 Å². The molecular weight excluding hydrogens is 277 g/mol. The molecule has 1 fully saturated rings. The highest BCUT2D eigenvalue weighted by atomic mass is 35.5. The lowest BCUT2D eigenvalue weighted by Crippen LogP contribution is -2.15. The number of rotatable bonds is 5. The number of halogens is 2. The van der Waals surface area contributed by atoms with Gasteiger partial charge in [0.05, 0.1) is 5.02 Å². The average molecular weight is 292 g/mol. The van der Waals surface area contributed by atoms with Crippen molar-refractivity contribution < 1.29 is 9.13 Å². The van der Waals surface area contributed by atoms with Crippen LogP contribution in [0.15, 0.2) is 42.5 Å². The van der Waals surface area contributed by atoms with Gasteiger partial charge in [-0.05, 0) is 37.1 Å². The Morgan fingerprint density at radius 2 is 1.95 bits per heavy atom. The molecule has 0 saturated heterocycles. The van der Waals surface area contributed by atoms with E-state index in [0.717, 1.165) is 17.9 Å². The standard InChI is InChI=1S/C16H15ClFNO/c17-14-9-12(18)5-8-16(14)20-15-4-2-1-3-11(15)10-19-13-6-7-13/h1-5,8-9,13,19H,6-7,10H2. The number of para-hydroxylation sites is 1. The van der Waals surface area contributed by atoms with Crippen LogP contribution >= 0.6 is 11.6 Å². The highest BCUT2D eigenvalue weighted by molar-refractivity contribution is 6.32. The minimum atomic E-state index is -0.369. The average Bonchev–Trinajstić information content (AvgIpc) is 3.25. The normalized spacial score (nSPS) is 14.3. The van der Waals surface area contributed by atoms with Gasteiger partial charge in [-0.1, -0.05) is 29.8 Å². The third kappa shape index (κ3) is 3.30. The Labute approximate surface area is 122 Å². The van der Waals surface area contributed by atoms with Gasteiger partial charge in [0, 0.05) is 18.2 Å². The largest absolute Gasteiger partial charge is 0.455 e. The highest BCUT2D eigenvalue weighted by Crippen LogP contribution is 2.32. The van der Waals surface area contributed by atoms with Gasteiger partial charge in [-0.15, -0.1) is 0 Å². The number of nitrogens with one attached hydrogen (secondary N) is 1. The molecule has 0 amide bonds. The third-order valence-corrected chi connectivity index (χ3v) is 3.54. The zero-order chi connectivity index (χ0) is 13.9. The number of hydrogen-bond donors (Lipinski definition) is 1. The van der Waals surface area contributed by atoms with E-state index in [9.17, 15) is 4.39 Å². The second-order valence-corrected chi connectivity index (χ2v) is 5.35. The van der Waals surface area contributed by atoms with E-state index in [1.54, 1.807) is 6.07 Å². The molecule has 2 aromatic rings. The molecule has 0 spiro atoms. The van der Waals surface area contributed by atoms with Crippen LogP contribution in [0.25, 0.3) is 0 Å². The Bertz CT molecular complexity index is 613. The van der Waals surface area contributed by atoms with E-state index >= 15 is 0 Å². The second kappa shape index (κ2) is 5.81. The summed E-state index contributed by atoms with van der Waals surface area (Å²) >= 11 is 5.99. The lowest BCUT2D eigenvalue weighted by atomic mass is 10.2. The Morgan fingerprint density at radius 1 is 1.15 bits per heavy atom. The van der Waals surface area contributed by atoms with Crippen molar-refractivity contribution >= 4 is 11.6 Å². The molecule has 104 valence electrons. The minimum Gasteiger partial charge on any atom is -0.455 e. The van der Waals surface area contributed by atoms with Crippen LogP contribution in [0.3, 0.4) is 0 Å². The quantitative estimate of drug-likeness (QED) is 0.874. The first kappa shape index (κ1) is 13.4. The number of benzene rings is 2. The lowest BCUT2D eigenvalue weighted by Gasteiger charge is -2.12. The summed E-state index contributed by atoms with van der Waals surface area (Å²) in [7, 11) is 0. The van der Waals surface area contributed by atoms with Crippen LogP contribution in [0, 0.1) is 5.82 Å². The van der Waals surface area contributed by atoms with Crippen LogP contribution in [0.1, 0.15) is 18.4 Å². The maximum absolute atomic E-state index is 13.0. The zero-order valence-electron chi connectivity index (χ0n) is 10.9. The first-order valence-electron chi connectivity index (χ1n) is 6.66. The molecule has 1 saturated carbocycles. The van der Waals surface area contributed by atoms with Gasteiger partial charge in [0.15, 0.2) is 0 Å². The monoisotopic (exact) mass is 291 g/mol. The molecule has 1 aliphatic carbocycles. The molecule has 2 nitrogen and oxygen atoms in total. The summed E-state index contributed by atoms with van der Waals surface area (Å²) in [5.41, 5.74) is 1.07. The second-order valence-electron chi connectivity index (χ2n) is 4.94. The summed E-state index contributed by atoms with van der Waals surface area (Å²) in [6.07, 6.45) is 2.49. The highest BCUT2D eigenvalue weighted by Gasteiger charge is 2.20. The van der Waals surface area contributed by atoms with Crippen molar-refractivity contribution in [3.8, 4) is 11.5 Å². The summed E-state index contributed by atoms with van der Waals surface area (Å²) < 4.78 is 18.8. The van der Waals surface area contributed by atoms with E-state index in [-0.39, 0.29) is 10.8 Å². The van der Waals surface area contributed by atoms with Crippen LogP contribution in [0.5, 0.6) is 11.5 Å². The van der Waals surface area contributed by atoms with Crippen LogP contribution in [0.2, 0.25) is 5.02 Å². The maximum atomic E-state index is 13.0. The summed E-state index contributed by atoms with van der Waals surface area (Å²) in [6, 6.07) is 12.6. The van der Waals surface area contributed by atoms with Crippen LogP contribution in [-0.4, -0.2) is 6.04 Å². The molecule has 0 aliphatic heterocycles. The Balaban J connectivity index is 1.78. The van der Waals surface area contributed by atoms with Crippen molar-refractivity contribution in [3.05, 3.63) is 58.9 Å². The molecule has 1 aliphatic rings. The van der Waals surface area contributed by atoms with Crippen LogP contribution in [-0.2, 0) is 6.54 Å². The number of ether oxygens (including phenoxy) is 1. The Morgan fingerprint density at radius 3 is 2.70 bits per heavy atom. The van der Waals surface area contributed by atoms with E-state index in [1.807, 2.05) is 24.3 Å². The van der Waals surface area contributed by atoms with Gasteiger partial charge in [-0.3, -0.25) is 0 Å². The topological polar surface area (TPSA) is 21.3 Å². The van der Waals surface area contributed by atoms with Crippen LogP contribution in [0.4, 0.5) is 4.39 Å². The number of hydrogen-bond acceptors (Lipinski definition) is 2. The van der Waals surface area contributed by atoms with Gasteiger partial charge in [0.1, 0.15) is 17.3 Å². The summed E-state index contributed by atoms with van der Waals surface area (Å²) in [6.45, 7) is 0.764. The van der Waals surface area contributed by atoms with Crippen molar-refractivity contribution in [1.29, 1.82) is 0 Å². The third-order valence-electron chi connectivity index (χ3n) is 3.24. The fraction of sp³-hybridized carbons (Fsp3) is 0.250.